The monoisotopic (exact) mass is 630 g/mol. The molecule has 1 heterocycles. The van der Waals surface area contributed by atoms with Gasteiger partial charge in [-0.3, -0.25) is 4.79 Å². The Bertz CT molecular complexity index is 1230. The highest BCUT2D eigenvalue weighted by molar-refractivity contribution is 14.1. The van der Waals surface area contributed by atoms with Crippen molar-refractivity contribution in [2.24, 2.45) is 0 Å². The molecule has 0 atom stereocenters. The van der Waals surface area contributed by atoms with Gasteiger partial charge in [-0.15, -0.1) is 0 Å². The Morgan fingerprint density at radius 1 is 1.11 bits per heavy atom. The van der Waals surface area contributed by atoms with E-state index in [1.165, 1.54) is 0 Å². The maximum Gasteiger partial charge on any atom is 0.256 e. The second-order valence-electron chi connectivity index (χ2n) is 5.92. The minimum atomic E-state index is -0.201. The molecule has 4 aromatic rings. The number of carbonyl (C=O) groups excluding carboxylic acids is 1. The van der Waals surface area contributed by atoms with Gasteiger partial charge in [0.05, 0.1) is 5.56 Å². The molecule has 0 spiro atoms. The van der Waals surface area contributed by atoms with Gasteiger partial charge in [-0.25, -0.2) is 4.98 Å². The van der Waals surface area contributed by atoms with Crippen molar-refractivity contribution in [2.75, 3.05) is 5.32 Å². The summed E-state index contributed by atoms with van der Waals surface area (Å²) in [5, 5.41) is 3.53. The molecule has 1 aromatic heterocycles. The topological polar surface area (TPSA) is 55.1 Å². The molecule has 0 bridgehead atoms. The van der Waals surface area contributed by atoms with E-state index in [-0.39, 0.29) is 5.91 Å². The Kier molecular flexibility index (Phi) is 5.78. The fraction of sp³-hybridized carbons (Fsp3) is 0. The van der Waals surface area contributed by atoms with Crippen molar-refractivity contribution in [3.8, 4) is 11.5 Å². The van der Waals surface area contributed by atoms with E-state index in [0.717, 1.165) is 18.1 Å². The largest absolute Gasteiger partial charge is 0.436 e. The van der Waals surface area contributed by atoms with Gasteiger partial charge in [0, 0.05) is 28.8 Å². The molecule has 0 aliphatic carbocycles. The molecule has 1 N–H and O–H groups in total. The number of rotatable bonds is 3. The predicted octanol–water partition coefficient (Wildman–Crippen LogP) is 7.53. The molecule has 4 rings (SSSR count). The first kappa shape index (κ1) is 19.9. The lowest BCUT2D eigenvalue weighted by atomic mass is 10.1. The van der Waals surface area contributed by atoms with Crippen molar-refractivity contribution in [1.82, 2.24) is 4.98 Å². The molecule has 0 aliphatic heterocycles. The van der Waals surface area contributed by atoms with Crippen LogP contribution in [0.15, 0.2) is 68.0 Å². The van der Waals surface area contributed by atoms with Crippen LogP contribution in [0, 0.1) is 3.57 Å². The number of hydrogen-bond acceptors (Lipinski definition) is 3. The van der Waals surface area contributed by atoms with Crippen molar-refractivity contribution in [3.63, 3.8) is 0 Å². The SMILES string of the molecule is O=C(Nc1cccc(-c2nc3cc(Cl)ccc3o2)c1)c1cc(Br)cc(Br)c1I. The molecule has 4 nitrogen and oxygen atoms in total. The van der Waals surface area contributed by atoms with Gasteiger partial charge in [0.2, 0.25) is 5.89 Å². The number of amides is 1. The predicted molar refractivity (Wildman–Crippen MR) is 127 cm³/mol. The van der Waals surface area contributed by atoms with Gasteiger partial charge in [0.1, 0.15) is 5.52 Å². The maximum atomic E-state index is 12.8. The summed E-state index contributed by atoms with van der Waals surface area (Å²) in [7, 11) is 0. The lowest BCUT2D eigenvalue weighted by Gasteiger charge is -2.09. The second-order valence-corrected chi connectivity index (χ2v) is 9.20. The summed E-state index contributed by atoms with van der Waals surface area (Å²) >= 11 is 15.0. The molecule has 1 amide bonds. The molecule has 8 heteroatoms. The van der Waals surface area contributed by atoms with Gasteiger partial charge in [-0.05, 0) is 87.1 Å². The number of nitrogens with one attached hydrogen (secondary N) is 1. The van der Waals surface area contributed by atoms with Gasteiger partial charge >= 0.3 is 0 Å². The van der Waals surface area contributed by atoms with Crippen LogP contribution in [0.3, 0.4) is 0 Å². The molecule has 0 fully saturated rings. The van der Waals surface area contributed by atoms with E-state index < -0.39 is 0 Å². The Hall–Kier alpha value is -1.42. The van der Waals surface area contributed by atoms with E-state index in [1.807, 2.05) is 30.3 Å². The molecule has 0 aliphatic rings. The van der Waals surface area contributed by atoms with Gasteiger partial charge in [0.15, 0.2) is 5.58 Å². The molecule has 28 heavy (non-hydrogen) atoms. The van der Waals surface area contributed by atoms with E-state index >= 15 is 0 Å². The lowest BCUT2D eigenvalue weighted by Crippen LogP contribution is -2.13. The van der Waals surface area contributed by atoms with Crippen LogP contribution in [0.2, 0.25) is 5.02 Å². The normalized spacial score (nSPS) is 11.0. The standard InChI is InChI=1S/C20H10Br2ClIN2O2/c21-11-7-14(18(24)15(22)8-11)19(27)25-13-3-1-2-10(6-13)20-26-16-9-12(23)4-5-17(16)28-20/h1-9H,(H,25,27). The zero-order chi connectivity index (χ0) is 19.8. The van der Waals surface area contributed by atoms with E-state index in [0.29, 0.717) is 33.3 Å². The first-order chi connectivity index (χ1) is 13.4. The quantitative estimate of drug-likeness (QED) is 0.188. The number of carbonyl (C=O) groups is 1. The molecule has 140 valence electrons. The van der Waals surface area contributed by atoms with Gasteiger partial charge in [0.25, 0.3) is 5.91 Å². The van der Waals surface area contributed by atoms with E-state index in [2.05, 4.69) is 64.8 Å². The van der Waals surface area contributed by atoms with Crippen molar-refractivity contribution in [2.45, 2.75) is 0 Å². The average Bonchev–Trinajstić information content (AvgIpc) is 3.08. The number of halogens is 4. The molecule has 0 radical (unpaired) electrons. The van der Waals surface area contributed by atoms with Crippen molar-refractivity contribution >= 4 is 88.7 Å². The number of nitrogens with zero attached hydrogens (tertiary/aromatic N) is 1. The highest BCUT2D eigenvalue weighted by Gasteiger charge is 2.15. The number of benzene rings is 3. The van der Waals surface area contributed by atoms with Crippen molar-refractivity contribution in [1.29, 1.82) is 0 Å². The maximum absolute atomic E-state index is 12.8. The minimum absolute atomic E-state index is 0.201. The van der Waals surface area contributed by atoms with Crippen LogP contribution in [0.1, 0.15) is 10.4 Å². The number of aromatic nitrogens is 1. The van der Waals surface area contributed by atoms with Crippen LogP contribution >= 0.6 is 66.1 Å². The van der Waals surface area contributed by atoms with Crippen LogP contribution in [0.4, 0.5) is 5.69 Å². The second kappa shape index (κ2) is 8.14. The van der Waals surface area contributed by atoms with Gasteiger partial charge in [-0.2, -0.15) is 0 Å². The molecular weight excluding hydrogens is 622 g/mol. The van der Waals surface area contributed by atoms with Gasteiger partial charge < -0.3 is 9.73 Å². The molecule has 0 saturated heterocycles. The van der Waals surface area contributed by atoms with E-state index in [1.54, 1.807) is 24.3 Å². The Balaban J connectivity index is 1.64. The third-order valence-electron chi connectivity index (χ3n) is 3.95. The first-order valence-corrected chi connectivity index (χ1v) is 11.1. The summed E-state index contributed by atoms with van der Waals surface area (Å²) < 4.78 is 8.32. The Morgan fingerprint density at radius 2 is 1.93 bits per heavy atom. The van der Waals surface area contributed by atoms with Crippen molar-refractivity contribution in [3.05, 3.63) is 77.7 Å². The van der Waals surface area contributed by atoms with Gasteiger partial charge in [-0.1, -0.05) is 33.6 Å². The summed E-state index contributed by atoms with van der Waals surface area (Å²) in [6, 6.07) is 16.3. The Morgan fingerprint density at radius 3 is 2.75 bits per heavy atom. The molecule has 3 aromatic carbocycles. The summed E-state index contributed by atoms with van der Waals surface area (Å²) in [5.74, 6) is 0.265. The number of fused-ring (bicyclic) bond motifs is 1. The summed E-state index contributed by atoms with van der Waals surface area (Å²) in [4.78, 5) is 17.2. The van der Waals surface area contributed by atoms with Crippen LogP contribution in [0.25, 0.3) is 22.6 Å². The zero-order valence-corrected chi connectivity index (χ0v) is 20.1. The van der Waals surface area contributed by atoms with Crippen LogP contribution in [-0.2, 0) is 0 Å². The van der Waals surface area contributed by atoms with Crippen LogP contribution in [-0.4, -0.2) is 10.9 Å². The number of anilines is 1. The molecule has 0 saturated carbocycles. The minimum Gasteiger partial charge on any atom is -0.436 e. The van der Waals surface area contributed by atoms with E-state index in [4.69, 9.17) is 16.0 Å². The zero-order valence-electron chi connectivity index (χ0n) is 14.0. The lowest BCUT2D eigenvalue weighted by molar-refractivity contribution is 0.102. The number of oxazole rings is 1. The fourth-order valence-electron chi connectivity index (χ4n) is 2.67. The van der Waals surface area contributed by atoms with Crippen LogP contribution < -0.4 is 5.32 Å². The smallest absolute Gasteiger partial charge is 0.256 e. The van der Waals surface area contributed by atoms with Crippen LogP contribution in [0.5, 0.6) is 0 Å². The molecule has 0 unspecified atom stereocenters. The van der Waals surface area contributed by atoms with E-state index in [9.17, 15) is 4.79 Å². The highest BCUT2D eigenvalue weighted by Crippen LogP contribution is 2.30. The average molecular weight is 632 g/mol. The summed E-state index contributed by atoms with van der Waals surface area (Å²) in [6.07, 6.45) is 0. The third kappa shape index (κ3) is 4.12. The fourth-order valence-corrected chi connectivity index (χ4v) is 4.62. The molecular formula is C20H10Br2ClIN2O2. The first-order valence-electron chi connectivity index (χ1n) is 8.03. The van der Waals surface area contributed by atoms with Crippen molar-refractivity contribution < 1.29 is 9.21 Å². The third-order valence-corrected chi connectivity index (χ3v) is 7.18. The summed E-state index contributed by atoms with van der Waals surface area (Å²) in [5.41, 5.74) is 3.32. The Labute approximate surface area is 196 Å². The number of hydrogen-bond donors (Lipinski definition) is 1. The highest BCUT2D eigenvalue weighted by atomic mass is 127. The summed E-state index contributed by atoms with van der Waals surface area (Å²) in [6.45, 7) is 0.